The van der Waals surface area contributed by atoms with Crippen LogP contribution in [0.3, 0.4) is 0 Å². The molecule has 0 saturated carbocycles. The molecule has 0 spiro atoms. The quantitative estimate of drug-likeness (QED) is 0.111. The second-order valence-electron chi connectivity index (χ2n) is 6.37. The first-order valence-corrected chi connectivity index (χ1v) is 14.0. The van der Waals surface area contributed by atoms with Crippen LogP contribution in [0.1, 0.15) is 28.1 Å². The van der Waals surface area contributed by atoms with Crippen LogP contribution in [-0.4, -0.2) is 99.2 Å². The Bertz CT molecular complexity index is 669. The average Bonchev–Trinajstić information content (AvgIpc) is 2.60. The molecule has 0 bridgehead atoms. The summed E-state index contributed by atoms with van der Waals surface area (Å²) in [6.07, 6.45) is -2.08. The van der Waals surface area contributed by atoms with Crippen LogP contribution in [0.15, 0.2) is 0 Å². The summed E-state index contributed by atoms with van der Waals surface area (Å²) in [5.74, 6) is -3.75. The normalized spacial score (nSPS) is 14.0. The molecule has 1 unspecified atom stereocenters. The number of carboxylic acids is 3. The number of carboxylic acid groups (broad SMARTS) is 3. The van der Waals surface area contributed by atoms with Gasteiger partial charge in [-0.1, -0.05) is 7.43 Å². The molecule has 21 heteroatoms. The van der Waals surface area contributed by atoms with Crippen LogP contribution in [0, 0.1) is 0 Å². The van der Waals surface area contributed by atoms with Gasteiger partial charge in [-0.2, -0.15) is 0 Å². The lowest BCUT2D eigenvalue weighted by Gasteiger charge is -2.06. The summed E-state index contributed by atoms with van der Waals surface area (Å²) in [5.41, 5.74) is 14.9. The molecule has 34 heavy (non-hydrogen) atoms. The second kappa shape index (κ2) is 18.1. The van der Waals surface area contributed by atoms with E-state index in [4.69, 9.17) is 61.9 Å². The minimum atomic E-state index is -4.10. The van der Waals surface area contributed by atoms with E-state index in [1.807, 2.05) is 0 Å². The van der Waals surface area contributed by atoms with Crippen molar-refractivity contribution in [3.63, 3.8) is 0 Å². The van der Waals surface area contributed by atoms with Gasteiger partial charge in [-0.25, -0.2) is 0 Å². The van der Waals surface area contributed by atoms with Crippen molar-refractivity contribution in [3.8, 4) is 0 Å². The van der Waals surface area contributed by atoms with E-state index in [9.17, 15) is 28.1 Å². The monoisotopic (exact) mass is 568 g/mol. The number of nitrogens with two attached hydrogens (primary N) is 3. The standard InChI is InChI=1S/3C4H10NO5P.CH4.H2/c3*5-3(4(6)7)1-2-11(8,9)10;;/h3*3H,1-2,5H2,(H,6,7)(H2,8,9,10);1H4;1H/t2*3-;;;/m10.../s1/i;;;;1+1. The van der Waals surface area contributed by atoms with Gasteiger partial charge in [0.15, 0.2) is 0 Å². The van der Waals surface area contributed by atoms with Crippen molar-refractivity contribution in [3.05, 3.63) is 0 Å². The van der Waals surface area contributed by atoms with Crippen LogP contribution < -0.4 is 17.2 Å². The van der Waals surface area contributed by atoms with Crippen molar-refractivity contribution >= 4 is 40.7 Å². The largest absolute Gasteiger partial charge is 0.480 e. The molecule has 0 aliphatic heterocycles. The molecule has 0 radical (unpaired) electrons. The highest BCUT2D eigenvalue weighted by Gasteiger charge is 2.20. The second-order valence-corrected chi connectivity index (χ2v) is 11.7. The smallest absolute Gasteiger partial charge is 0.325 e. The lowest BCUT2D eigenvalue weighted by molar-refractivity contribution is -0.139. The molecular formula is C13H36N3O15P3. The molecule has 0 heterocycles. The first-order valence-electron chi connectivity index (χ1n) is 8.57. The van der Waals surface area contributed by atoms with E-state index in [1.165, 1.54) is 0 Å². The number of hydrogen-bond acceptors (Lipinski definition) is 9. The van der Waals surface area contributed by atoms with Gasteiger partial charge in [-0.05, 0) is 19.3 Å². The molecule has 0 aromatic rings. The fourth-order valence-electron chi connectivity index (χ4n) is 1.29. The molecule has 0 aromatic carbocycles. The van der Waals surface area contributed by atoms with Gasteiger partial charge < -0.3 is 61.9 Å². The number of hydrogen-bond donors (Lipinski definition) is 12. The summed E-state index contributed by atoms with van der Waals surface area (Å²) < 4.78 is 30.6. The first-order chi connectivity index (χ1) is 14.5. The zero-order valence-electron chi connectivity index (χ0n) is 17.0. The van der Waals surface area contributed by atoms with Gasteiger partial charge in [-0.15, -0.1) is 0 Å². The Hall–Kier alpha value is -1.26. The molecule has 0 fully saturated rings. The van der Waals surface area contributed by atoms with Crippen LogP contribution >= 0.6 is 22.8 Å². The van der Waals surface area contributed by atoms with E-state index in [0.29, 0.717) is 0 Å². The minimum Gasteiger partial charge on any atom is -0.480 e. The highest BCUT2D eigenvalue weighted by molar-refractivity contribution is 7.52. The Morgan fingerprint density at radius 3 is 0.794 bits per heavy atom. The van der Waals surface area contributed by atoms with E-state index < -0.39 is 77.3 Å². The Morgan fingerprint density at radius 2 is 0.706 bits per heavy atom. The fourth-order valence-corrected chi connectivity index (χ4v) is 3.14. The van der Waals surface area contributed by atoms with E-state index in [0.717, 1.165) is 0 Å². The third kappa shape index (κ3) is 32.9. The van der Waals surface area contributed by atoms with Crippen molar-refractivity contribution in [2.45, 2.75) is 44.8 Å². The van der Waals surface area contributed by atoms with Crippen LogP contribution in [0.5, 0.6) is 0 Å². The summed E-state index contributed by atoms with van der Waals surface area (Å²) in [7, 11) is -12.3. The zero-order chi connectivity index (χ0) is 27.2. The van der Waals surface area contributed by atoms with Gasteiger partial charge in [0.2, 0.25) is 0 Å². The third-order valence-corrected chi connectivity index (χ3v) is 5.67. The molecule has 0 amide bonds. The van der Waals surface area contributed by atoms with Gasteiger partial charge in [0.25, 0.3) is 0 Å². The van der Waals surface area contributed by atoms with Crippen LogP contribution in [-0.2, 0) is 28.1 Å². The zero-order valence-corrected chi connectivity index (χ0v) is 19.7. The molecule has 15 N–H and O–H groups in total. The molecule has 18 nitrogen and oxygen atoms in total. The highest BCUT2D eigenvalue weighted by Crippen LogP contribution is 2.36. The molecule has 0 saturated heterocycles. The van der Waals surface area contributed by atoms with E-state index in [2.05, 4.69) is 0 Å². The van der Waals surface area contributed by atoms with Crippen LogP contribution in [0.4, 0.5) is 0 Å². The lowest BCUT2D eigenvalue weighted by Crippen LogP contribution is -2.30. The summed E-state index contributed by atoms with van der Waals surface area (Å²) in [4.78, 5) is 80.0. The Morgan fingerprint density at radius 1 is 0.559 bits per heavy atom. The van der Waals surface area contributed by atoms with E-state index in [1.54, 1.807) is 0 Å². The van der Waals surface area contributed by atoms with Crippen LogP contribution in [0.2, 0.25) is 0 Å². The number of rotatable bonds is 12. The third-order valence-electron chi connectivity index (χ3n) is 3.15. The number of carbonyl (C=O) groups is 3. The van der Waals surface area contributed by atoms with Crippen molar-refractivity contribution in [2.24, 2.45) is 17.2 Å². The molecule has 3 atom stereocenters. The molecule has 208 valence electrons. The van der Waals surface area contributed by atoms with Gasteiger partial charge >= 0.3 is 40.7 Å². The Balaban J connectivity index is -0.000000125. The molecule has 0 aromatic heterocycles. The first kappa shape index (κ1) is 39.9. The van der Waals surface area contributed by atoms with Crippen molar-refractivity contribution < 1.29 is 74.2 Å². The van der Waals surface area contributed by atoms with Gasteiger partial charge in [0, 0.05) is 1.43 Å². The van der Waals surface area contributed by atoms with Gasteiger partial charge in [0.1, 0.15) is 18.1 Å². The highest BCUT2D eigenvalue weighted by atomic mass is 31.2. The molecule has 0 aliphatic rings. The Kier molecular flexibility index (Phi) is 21.2. The average molecular weight is 568 g/mol. The van der Waals surface area contributed by atoms with Crippen molar-refractivity contribution in [1.29, 1.82) is 0 Å². The van der Waals surface area contributed by atoms with Gasteiger partial charge in [0.05, 0.1) is 18.5 Å². The predicted molar refractivity (Wildman–Crippen MR) is 120 cm³/mol. The lowest BCUT2D eigenvalue weighted by atomic mass is 10.2. The summed E-state index contributed by atoms with van der Waals surface area (Å²) in [6.45, 7) is 0. The van der Waals surface area contributed by atoms with E-state index >= 15 is 0 Å². The maximum absolute atomic E-state index is 10.2. The van der Waals surface area contributed by atoms with Crippen molar-refractivity contribution in [1.82, 2.24) is 0 Å². The van der Waals surface area contributed by atoms with Crippen molar-refractivity contribution in [2.75, 3.05) is 18.5 Å². The molecular weight excluding hydrogens is 531 g/mol. The topological polar surface area (TPSA) is 363 Å². The maximum atomic E-state index is 10.2. The summed E-state index contributed by atoms with van der Waals surface area (Å²) in [6, 6.07) is -3.58. The maximum Gasteiger partial charge on any atom is 0.325 e. The number of aliphatic carboxylic acids is 3. The molecule has 0 rings (SSSR count). The minimum absolute atomic E-state index is 0. The predicted octanol–water partition coefficient (Wildman–Crippen LogP) is -2.22. The SMILES string of the molecule is C.NC(CCP(=O)(O)O)C(=O)O.N[C@@H](CCP(=O)(O)O)C(=O)O.N[C@H](CCP(=O)(O)O)C(=O)O.[2HH]. The fraction of sp³-hybridized carbons (Fsp3) is 0.769. The molecule has 0 aliphatic carbocycles. The summed E-state index contributed by atoms with van der Waals surface area (Å²) >= 11 is 0. The van der Waals surface area contributed by atoms with Gasteiger partial charge in [-0.3, -0.25) is 28.1 Å². The Labute approximate surface area is 196 Å². The van der Waals surface area contributed by atoms with Crippen LogP contribution in [0.25, 0.3) is 0 Å². The van der Waals surface area contributed by atoms with E-state index in [-0.39, 0.29) is 28.1 Å². The summed E-state index contributed by atoms with van der Waals surface area (Å²) in [5, 5.41) is 24.6.